The molecule has 0 bridgehead atoms. The number of carbonyl (C=O) groups is 2. The van der Waals surface area contributed by atoms with E-state index in [1.165, 1.54) is 0 Å². The smallest absolute Gasteiger partial charge is 0.225 e. The van der Waals surface area contributed by atoms with Crippen LogP contribution in [0.2, 0.25) is 0 Å². The Kier molecular flexibility index (Phi) is 7.12. The molecule has 0 spiro atoms. The summed E-state index contributed by atoms with van der Waals surface area (Å²) in [6, 6.07) is 7.84. The Morgan fingerprint density at radius 1 is 1.25 bits per heavy atom. The van der Waals surface area contributed by atoms with Crippen molar-refractivity contribution in [2.75, 3.05) is 45.3 Å². The topological polar surface area (TPSA) is 52.7 Å². The van der Waals surface area contributed by atoms with Gasteiger partial charge in [-0.3, -0.25) is 9.59 Å². The van der Waals surface area contributed by atoms with Crippen LogP contribution in [-0.4, -0.2) is 61.6 Å². The SMILES string of the molecule is CSc1ccccc1NC(=O)CCN1CCC(C(=O)N(C)C)CC1. The molecule has 0 unspecified atom stereocenters. The maximum absolute atomic E-state index is 12.2. The molecule has 0 aromatic heterocycles. The molecule has 1 fully saturated rings. The third-order valence-corrected chi connectivity index (χ3v) is 5.21. The number of carbonyl (C=O) groups excluding carboxylic acids is 2. The molecule has 0 atom stereocenters. The number of thioether (sulfide) groups is 1. The third-order valence-electron chi connectivity index (χ3n) is 4.41. The van der Waals surface area contributed by atoms with Crippen LogP contribution in [0.3, 0.4) is 0 Å². The fraction of sp³-hybridized carbons (Fsp3) is 0.556. The number of nitrogens with one attached hydrogen (secondary N) is 1. The lowest BCUT2D eigenvalue weighted by Gasteiger charge is -2.32. The highest BCUT2D eigenvalue weighted by Crippen LogP contribution is 2.24. The van der Waals surface area contributed by atoms with Crippen molar-refractivity contribution in [1.82, 2.24) is 9.80 Å². The van der Waals surface area contributed by atoms with Crippen LogP contribution in [0.5, 0.6) is 0 Å². The molecule has 6 heteroatoms. The molecule has 24 heavy (non-hydrogen) atoms. The first kappa shape index (κ1) is 18.8. The molecule has 132 valence electrons. The second kappa shape index (κ2) is 9.08. The van der Waals surface area contributed by atoms with Crippen molar-refractivity contribution in [1.29, 1.82) is 0 Å². The maximum atomic E-state index is 12.2. The summed E-state index contributed by atoms with van der Waals surface area (Å²) in [7, 11) is 3.62. The average molecular weight is 350 g/mol. The van der Waals surface area contributed by atoms with Crippen molar-refractivity contribution in [3.05, 3.63) is 24.3 Å². The van der Waals surface area contributed by atoms with E-state index >= 15 is 0 Å². The molecular weight excluding hydrogens is 322 g/mol. The summed E-state index contributed by atoms with van der Waals surface area (Å²) >= 11 is 1.63. The lowest BCUT2D eigenvalue weighted by atomic mass is 9.95. The van der Waals surface area contributed by atoms with Gasteiger partial charge < -0.3 is 15.1 Å². The van der Waals surface area contributed by atoms with Crippen molar-refractivity contribution in [3.8, 4) is 0 Å². The second-order valence-corrected chi connectivity index (χ2v) is 7.20. The number of anilines is 1. The van der Waals surface area contributed by atoms with Crippen LogP contribution < -0.4 is 5.32 Å². The van der Waals surface area contributed by atoms with Crippen LogP contribution >= 0.6 is 11.8 Å². The van der Waals surface area contributed by atoms with Gasteiger partial charge in [0.2, 0.25) is 11.8 Å². The number of benzene rings is 1. The van der Waals surface area contributed by atoms with E-state index < -0.39 is 0 Å². The van der Waals surface area contributed by atoms with E-state index in [-0.39, 0.29) is 17.7 Å². The second-order valence-electron chi connectivity index (χ2n) is 6.35. The first-order valence-corrected chi connectivity index (χ1v) is 9.60. The molecule has 0 radical (unpaired) electrons. The van der Waals surface area contributed by atoms with Crippen LogP contribution in [0.4, 0.5) is 5.69 Å². The van der Waals surface area contributed by atoms with Crippen LogP contribution in [-0.2, 0) is 9.59 Å². The first-order valence-electron chi connectivity index (χ1n) is 8.37. The molecule has 1 N–H and O–H groups in total. The fourth-order valence-electron chi connectivity index (χ4n) is 2.99. The molecular formula is C18H27N3O2S. The molecule has 5 nitrogen and oxygen atoms in total. The van der Waals surface area contributed by atoms with Gasteiger partial charge in [-0.05, 0) is 44.3 Å². The molecule has 0 aliphatic carbocycles. The largest absolute Gasteiger partial charge is 0.349 e. The lowest BCUT2D eigenvalue weighted by molar-refractivity contribution is -0.134. The van der Waals surface area contributed by atoms with E-state index in [2.05, 4.69) is 10.2 Å². The Morgan fingerprint density at radius 3 is 2.54 bits per heavy atom. The molecule has 1 heterocycles. The minimum atomic E-state index is 0.0444. The predicted octanol–water partition coefficient (Wildman–Crippen LogP) is 2.54. The summed E-state index contributed by atoms with van der Waals surface area (Å²) in [6.07, 6.45) is 4.25. The van der Waals surface area contributed by atoms with E-state index in [0.29, 0.717) is 6.42 Å². The van der Waals surface area contributed by atoms with Gasteiger partial charge in [-0.1, -0.05) is 12.1 Å². The number of rotatable bonds is 6. The molecule has 1 aromatic carbocycles. The summed E-state index contributed by atoms with van der Waals surface area (Å²) < 4.78 is 0. The summed E-state index contributed by atoms with van der Waals surface area (Å²) in [5, 5.41) is 3.00. The Balaban J connectivity index is 1.74. The first-order chi connectivity index (χ1) is 11.5. The summed E-state index contributed by atoms with van der Waals surface area (Å²) in [4.78, 5) is 29.2. The van der Waals surface area contributed by atoms with Crippen molar-refractivity contribution >= 4 is 29.3 Å². The standard InChI is InChI=1S/C18H27N3O2S/c1-20(2)18(23)14-8-11-21(12-9-14)13-10-17(22)19-15-6-4-5-7-16(15)24-3/h4-7,14H,8-13H2,1-3H3,(H,19,22). The highest BCUT2D eigenvalue weighted by molar-refractivity contribution is 7.98. The summed E-state index contributed by atoms with van der Waals surface area (Å²) in [5.74, 6) is 0.405. The van der Waals surface area contributed by atoms with Crippen LogP contribution in [0, 0.1) is 5.92 Å². The minimum Gasteiger partial charge on any atom is -0.349 e. The monoisotopic (exact) mass is 349 g/mol. The predicted molar refractivity (Wildman–Crippen MR) is 99.3 cm³/mol. The van der Waals surface area contributed by atoms with Crippen molar-refractivity contribution in [2.45, 2.75) is 24.2 Å². The maximum Gasteiger partial charge on any atom is 0.225 e. The van der Waals surface area contributed by atoms with Gasteiger partial charge in [0, 0.05) is 37.9 Å². The van der Waals surface area contributed by atoms with E-state index in [1.807, 2.05) is 44.6 Å². The number of amides is 2. The molecule has 0 saturated carbocycles. The Labute approximate surface area is 148 Å². The number of piperidine rings is 1. The normalized spacial score (nSPS) is 16.0. The van der Waals surface area contributed by atoms with E-state index in [4.69, 9.17) is 0 Å². The zero-order chi connectivity index (χ0) is 17.5. The number of hydrogen-bond donors (Lipinski definition) is 1. The van der Waals surface area contributed by atoms with Crippen LogP contribution in [0.1, 0.15) is 19.3 Å². The quantitative estimate of drug-likeness (QED) is 0.802. The highest BCUT2D eigenvalue weighted by Gasteiger charge is 2.26. The number of hydrogen-bond acceptors (Lipinski definition) is 4. The van der Waals surface area contributed by atoms with Gasteiger partial charge in [0.05, 0.1) is 5.69 Å². The Morgan fingerprint density at radius 2 is 1.92 bits per heavy atom. The third kappa shape index (κ3) is 5.24. The van der Waals surface area contributed by atoms with Gasteiger partial charge in [-0.25, -0.2) is 0 Å². The summed E-state index contributed by atoms with van der Waals surface area (Å²) in [5.41, 5.74) is 0.880. The lowest BCUT2D eigenvalue weighted by Crippen LogP contribution is -2.41. The number of para-hydroxylation sites is 1. The van der Waals surface area contributed by atoms with E-state index in [1.54, 1.807) is 16.7 Å². The number of nitrogens with zero attached hydrogens (tertiary/aromatic N) is 2. The van der Waals surface area contributed by atoms with Gasteiger partial charge in [-0.15, -0.1) is 11.8 Å². The van der Waals surface area contributed by atoms with Gasteiger partial charge >= 0.3 is 0 Å². The van der Waals surface area contributed by atoms with Gasteiger partial charge in [0.1, 0.15) is 0 Å². The van der Waals surface area contributed by atoms with Crippen LogP contribution in [0.15, 0.2) is 29.2 Å². The summed E-state index contributed by atoms with van der Waals surface area (Å²) in [6.45, 7) is 2.52. The zero-order valence-electron chi connectivity index (χ0n) is 14.7. The van der Waals surface area contributed by atoms with Crippen molar-refractivity contribution in [3.63, 3.8) is 0 Å². The average Bonchev–Trinajstić information content (AvgIpc) is 2.60. The van der Waals surface area contributed by atoms with Crippen molar-refractivity contribution in [2.24, 2.45) is 5.92 Å². The zero-order valence-corrected chi connectivity index (χ0v) is 15.6. The van der Waals surface area contributed by atoms with Gasteiger partial charge in [0.25, 0.3) is 0 Å². The fourth-order valence-corrected chi connectivity index (χ4v) is 3.54. The highest BCUT2D eigenvalue weighted by atomic mass is 32.2. The Hall–Kier alpha value is -1.53. The minimum absolute atomic E-state index is 0.0444. The molecule has 2 amide bonds. The van der Waals surface area contributed by atoms with Crippen LogP contribution in [0.25, 0.3) is 0 Å². The molecule has 1 aliphatic heterocycles. The Bertz CT molecular complexity index is 569. The van der Waals surface area contributed by atoms with Crippen molar-refractivity contribution < 1.29 is 9.59 Å². The molecule has 1 saturated heterocycles. The number of likely N-dealkylation sites (tertiary alicyclic amines) is 1. The molecule has 1 aromatic rings. The molecule has 2 rings (SSSR count). The van der Waals surface area contributed by atoms with E-state index in [9.17, 15) is 9.59 Å². The van der Waals surface area contributed by atoms with Gasteiger partial charge in [0.15, 0.2) is 0 Å². The van der Waals surface area contributed by atoms with E-state index in [0.717, 1.165) is 43.1 Å². The molecule has 1 aliphatic rings. The van der Waals surface area contributed by atoms with Gasteiger partial charge in [-0.2, -0.15) is 0 Å².